The van der Waals surface area contributed by atoms with Crippen molar-refractivity contribution in [1.29, 1.82) is 0 Å². The number of carbonyl (C=O) groups excluding carboxylic acids is 1. The number of hydrogen-bond donors (Lipinski definition) is 1. The lowest BCUT2D eigenvalue weighted by molar-refractivity contribution is -0.117. The molecule has 10 heteroatoms. The van der Waals surface area contributed by atoms with E-state index in [0.29, 0.717) is 11.5 Å². The number of benzene rings is 2. The second-order valence-electron chi connectivity index (χ2n) is 5.08. The molecule has 0 radical (unpaired) electrons. The normalized spacial score (nSPS) is 10.8. The number of ether oxygens (including phenoxy) is 1. The number of nitrogens with zero attached hydrogens (tertiary/aromatic N) is 4. The maximum absolute atomic E-state index is 12.2. The minimum Gasteiger partial charge on any atom is -0.433 e. The lowest BCUT2D eigenvalue weighted by Gasteiger charge is -2.09. The topological polar surface area (TPSA) is 81.9 Å². The number of rotatable bonds is 6. The van der Waals surface area contributed by atoms with Gasteiger partial charge < -0.3 is 10.1 Å². The minimum atomic E-state index is -2.98. The first-order valence-electron chi connectivity index (χ1n) is 7.39. The van der Waals surface area contributed by atoms with Crippen LogP contribution in [0.1, 0.15) is 0 Å². The third-order valence-corrected chi connectivity index (χ3v) is 3.50. The molecule has 0 spiro atoms. The van der Waals surface area contributed by atoms with Crippen molar-refractivity contribution in [2.45, 2.75) is 13.2 Å². The molecular formula is C16H12ClF2N5O2. The largest absolute Gasteiger partial charge is 0.433 e. The fourth-order valence-electron chi connectivity index (χ4n) is 2.11. The summed E-state index contributed by atoms with van der Waals surface area (Å²) >= 11 is 5.84. The number of carbonyl (C=O) groups is 1. The molecule has 0 aliphatic rings. The zero-order chi connectivity index (χ0) is 18.5. The van der Waals surface area contributed by atoms with Crippen LogP contribution in [-0.2, 0) is 11.3 Å². The van der Waals surface area contributed by atoms with E-state index in [1.54, 1.807) is 0 Å². The van der Waals surface area contributed by atoms with Gasteiger partial charge in [-0.05, 0) is 23.4 Å². The Bertz CT molecular complexity index is 905. The number of anilines is 1. The number of halogens is 3. The molecule has 0 aliphatic heterocycles. The molecule has 0 saturated carbocycles. The van der Waals surface area contributed by atoms with Crippen LogP contribution in [-0.4, -0.2) is 32.7 Å². The molecule has 0 aliphatic carbocycles. The molecule has 1 aromatic heterocycles. The van der Waals surface area contributed by atoms with Crippen LogP contribution in [0.4, 0.5) is 14.5 Å². The van der Waals surface area contributed by atoms with E-state index in [1.807, 2.05) is 30.3 Å². The SMILES string of the molecule is O=C(Cn1nnc(-c2ccccc2)n1)Nc1ccc(OC(F)F)c(Cl)c1. The number of tetrazole rings is 1. The van der Waals surface area contributed by atoms with Crippen molar-refractivity contribution in [3.8, 4) is 17.1 Å². The van der Waals surface area contributed by atoms with Gasteiger partial charge in [-0.3, -0.25) is 4.79 Å². The van der Waals surface area contributed by atoms with E-state index < -0.39 is 12.5 Å². The molecular weight excluding hydrogens is 368 g/mol. The Morgan fingerprint density at radius 3 is 2.69 bits per heavy atom. The van der Waals surface area contributed by atoms with Crippen molar-refractivity contribution in [1.82, 2.24) is 20.2 Å². The van der Waals surface area contributed by atoms with Crippen molar-refractivity contribution in [3.05, 3.63) is 53.6 Å². The van der Waals surface area contributed by atoms with Gasteiger partial charge in [0.2, 0.25) is 11.7 Å². The predicted octanol–water partition coefficient (Wildman–Crippen LogP) is 3.23. The van der Waals surface area contributed by atoms with Gasteiger partial charge in [0.05, 0.1) is 5.02 Å². The highest BCUT2D eigenvalue weighted by molar-refractivity contribution is 6.32. The molecule has 0 bridgehead atoms. The van der Waals surface area contributed by atoms with Gasteiger partial charge in [-0.25, -0.2) is 0 Å². The van der Waals surface area contributed by atoms with Crippen LogP contribution in [0.2, 0.25) is 5.02 Å². The zero-order valence-electron chi connectivity index (χ0n) is 13.1. The van der Waals surface area contributed by atoms with Crippen molar-refractivity contribution < 1.29 is 18.3 Å². The van der Waals surface area contributed by atoms with E-state index in [0.717, 1.165) is 10.4 Å². The molecule has 0 fully saturated rings. The average Bonchev–Trinajstić information content (AvgIpc) is 3.06. The summed E-state index contributed by atoms with van der Waals surface area (Å²) in [5.41, 5.74) is 1.10. The van der Waals surface area contributed by atoms with Crippen LogP contribution < -0.4 is 10.1 Å². The van der Waals surface area contributed by atoms with Crippen LogP contribution in [0.3, 0.4) is 0 Å². The lowest BCUT2D eigenvalue weighted by Crippen LogP contribution is -2.20. The summed E-state index contributed by atoms with van der Waals surface area (Å²) in [4.78, 5) is 13.2. The molecule has 0 atom stereocenters. The van der Waals surface area contributed by atoms with E-state index in [9.17, 15) is 13.6 Å². The van der Waals surface area contributed by atoms with Crippen molar-refractivity contribution in [3.63, 3.8) is 0 Å². The first-order chi connectivity index (χ1) is 12.5. The minimum absolute atomic E-state index is 0.0478. The van der Waals surface area contributed by atoms with Crippen molar-refractivity contribution in [2.24, 2.45) is 0 Å². The van der Waals surface area contributed by atoms with Crippen LogP contribution in [0.5, 0.6) is 5.75 Å². The average molecular weight is 380 g/mol. The van der Waals surface area contributed by atoms with E-state index in [2.05, 4.69) is 25.5 Å². The summed E-state index contributed by atoms with van der Waals surface area (Å²) < 4.78 is 28.6. The molecule has 26 heavy (non-hydrogen) atoms. The Morgan fingerprint density at radius 1 is 1.23 bits per heavy atom. The highest BCUT2D eigenvalue weighted by atomic mass is 35.5. The van der Waals surface area contributed by atoms with Gasteiger partial charge in [-0.2, -0.15) is 13.6 Å². The second kappa shape index (κ2) is 7.87. The molecule has 2 aromatic carbocycles. The maximum Gasteiger partial charge on any atom is 0.387 e. The van der Waals surface area contributed by atoms with Gasteiger partial charge >= 0.3 is 6.61 Å². The van der Waals surface area contributed by atoms with Gasteiger partial charge in [-0.1, -0.05) is 41.9 Å². The maximum atomic E-state index is 12.2. The van der Waals surface area contributed by atoms with E-state index in [1.165, 1.54) is 18.2 Å². The number of aromatic nitrogens is 4. The van der Waals surface area contributed by atoms with Crippen LogP contribution in [0, 0.1) is 0 Å². The summed E-state index contributed by atoms with van der Waals surface area (Å²) in [6.45, 7) is -3.16. The van der Waals surface area contributed by atoms with Gasteiger partial charge in [0, 0.05) is 11.3 Å². The van der Waals surface area contributed by atoms with Gasteiger partial charge in [0.25, 0.3) is 0 Å². The molecule has 1 N–H and O–H groups in total. The van der Waals surface area contributed by atoms with E-state index in [4.69, 9.17) is 11.6 Å². The Labute approximate surface area is 151 Å². The smallest absolute Gasteiger partial charge is 0.387 e. The number of hydrogen-bond acceptors (Lipinski definition) is 5. The fraction of sp³-hybridized carbons (Fsp3) is 0.125. The van der Waals surface area contributed by atoms with Gasteiger partial charge in [0.1, 0.15) is 12.3 Å². The van der Waals surface area contributed by atoms with Crippen molar-refractivity contribution in [2.75, 3.05) is 5.32 Å². The summed E-state index contributed by atoms with van der Waals surface area (Å²) in [5, 5.41) is 14.4. The Kier molecular flexibility index (Phi) is 5.37. The summed E-state index contributed by atoms with van der Waals surface area (Å²) in [6.07, 6.45) is 0. The molecule has 0 saturated heterocycles. The van der Waals surface area contributed by atoms with E-state index >= 15 is 0 Å². The lowest BCUT2D eigenvalue weighted by atomic mass is 10.2. The summed E-state index contributed by atoms with van der Waals surface area (Å²) in [6, 6.07) is 13.1. The Hall–Kier alpha value is -3.07. The highest BCUT2D eigenvalue weighted by Gasteiger charge is 2.12. The van der Waals surface area contributed by atoms with Gasteiger partial charge in [-0.15, -0.1) is 10.2 Å². The first-order valence-corrected chi connectivity index (χ1v) is 7.76. The van der Waals surface area contributed by atoms with Crippen LogP contribution in [0.15, 0.2) is 48.5 Å². The third kappa shape index (κ3) is 4.51. The quantitative estimate of drug-likeness (QED) is 0.711. The second-order valence-corrected chi connectivity index (χ2v) is 5.49. The molecule has 1 heterocycles. The van der Waals surface area contributed by atoms with Crippen molar-refractivity contribution >= 4 is 23.2 Å². The number of amides is 1. The van der Waals surface area contributed by atoms with Crippen LogP contribution in [0.25, 0.3) is 11.4 Å². The molecule has 134 valence electrons. The predicted molar refractivity (Wildman–Crippen MR) is 90.0 cm³/mol. The highest BCUT2D eigenvalue weighted by Crippen LogP contribution is 2.28. The first kappa shape index (κ1) is 17.7. The standard InChI is InChI=1S/C16H12ClF2N5O2/c17-12-8-11(6-7-13(12)26-16(18)19)20-14(25)9-24-22-15(21-23-24)10-4-2-1-3-5-10/h1-8,16H,9H2,(H,20,25). The Balaban J connectivity index is 1.63. The monoisotopic (exact) mass is 379 g/mol. The third-order valence-electron chi connectivity index (χ3n) is 3.20. The molecule has 3 aromatic rings. The Morgan fingerprint density at radius 2 is 2.00 bits per heavy atom. The number of nitrogens with one attached hydrogen (secondary N) is 1. The molecule has 0 unspecified atom stereocenters. The van der Waals surface area contributed by atoms with Crippen LogP contribution >= 0.6 is 11.6 Å². The van der Waals surface area contributed by atoms with E-state index in [-0.39, 0.29) is 17.3 Å². The summed E-state index contributed by atoms with van der Waals surface area (Å²) in [5.74, 6) is -0.208. The van der Waals surface area contributed by atoms with Gasteiger partial charge in [0.15, 0.2) is 0 Å². The number of alkyl halides is 2. The molecule has 1 amide bonds. The molecule has 3 rings (SSSR count). The molecule has 7 nitrogen and oxygen atoms in total. The summed E-state index contributed by atoms with van der Waals surface area (Å²) in [7, 11) is 0. The zero-order valence-corrected chi connectivity index (χ0v) is 13.9. The fourth-order valence-corrected chi connectivity index (χ4v) is 2.34.